The van der Waals surface area contributed by atoms with Gasteiger partial charge in [0.2, 0.25) is 0 Å². The van der Waals surface area contributed by atoms with Crippen LogP contribution in [0.5, 0.6) is 0 Å². The number of anilines is 1. The standard InChI is InChI=1S/C16H14N4O/c1-12-7-9-17-15(11-12)19-16(21)13-3-5-14(6-4-13)20-10-2-8-18-20/h2-11H,1H3,(H,17,19,21). The van der Waals surface area contributed by atoms with Gasteiger partial charge < -0.3 is 5.32 Å². The van der Waals surface area contributed by atoms with Crippen LogP contribution in [-0.2, 0) is 0 Å². The Bertz CT molecular complexity index is 748. The van der Waals surface area contributed by atoms with Crippen molar-refractivity contribution >= 4 is 11.7 Å². The topological polar surface area (TPSA) is 59.8 Å². The number of carbonyl (C=O) groups excluding carboxylic acids is 1. The Morgan fingerprint density at radius 3 is 2.62 bits per heavy atom. The van der Waals surface area contributed by atoms with E-state index in [1.165, 1.54) is 0 Å². The summed E-state index contributed by atoms with van der Waals surface area (Å²) < 4.78 is 1.74. The van der Waals surface area contributed by atoms with E-state index in [-0.39, 0.29) is 5.91 Å². The molecule has 0 unspecified atom stereocenters. The number of nitrogens with one attached hydrogen (secondary N) is 1. The number of carbonyl (C=O) groups is 1. The van der Waals surface area contributed by atoms with Crippen LogP contribution in [0.3, 0.4) is 0 Å². The molecule has 0 saturated carbocycles. The van der Waals surface area contributed by atoms with Gasteiger partial charge in [-0.1, -0.05) is 0 Å². The van der Waals surface area contributed by atoms with Crippen molar-refractivity contribution in [3.8, 4) is 5.69 Å². The van der Waals surface area contributed by atoms with Crippen LogP contribution in [0.4, 0.5) is 5.82 Å². The SMILES string of the molecule is Cc1ccnc(NC(=O)c2ccc(-n3cccn3)cc2)c1. The zero-order valence-corrected chi connectivity index (χ0v) is 11.5. The van der Waals surface area contributed by atoms with Crippen LogP contribution in [0.1, 0.15) is 15.9 Å². The first-order chi connectivity index (χ1) is 10.2. The Labute approximate surface area is 122 Å². The zero-order valence-electron chi connectivity index (χ0n) is 11.5. The van der Waals surface area contributed by atoms with Gasteiger partial charge >= 0.3 is 0 Å². The first-order valence-electron chi connectivity index (χ1n) is 6.56. The Balaban J connectivity index is 1.76. The maximum absolute atomic E-state index is 12.1. The Morgan fingerprint density at radius 2 is 1.95 bits per heavy atom. The summed E-state index contributed by atoms with van der Waals surface area (Å²) in [7, 11) is 0. The fourth-order valence-corrected chi connectivity index (χ4v) is 1.98. The number of benzene rings is 1. The number of nitrogens with zero attached hydrogens (tertiary/aromatic N) is 3. The van der Waals surface area contributed by atoms with E-state index in [4.69, 9.17) is 0 Å². The number of hydrogen-bond donors (Lipinski definition) is 1. The first kappa shape index (κ1) is 13.1. The number of aryl methyl sites for hydroxylation is 1. The van der Waals surface area contributed by atoms with E-state index in [0.29, 0.717) is 11.4 Å². The van der Waals surface area contributed by atoms with Crippen molar-refractivity contribution in [2.75, 3.05) is 5.32 Å². The summed E-state index contributed by atoms with van der Waals surface area (Å²) in [5.74, 6) is 0.372. The Kier molecular flexibility index (Phi) is 3.47. The highest BCUT2D eigenvalue weighted by Gasteiger charge is 2.07. The normalized spacial score (nSPS) is 10.3. The molecule has 1 aromatic carbocycles. The van der Waals surface area contributed by atoms with Crippen molar-refractivity contribution < 1.29 is 4.79 Å². The molecule has 1 amide bonds. The summed E-state index contributed by atoms with van der Waals surface area (Å²) in [4.78, 5) is 16.3. The summed E-state index contributed by atoms with van der Waals surface area (Å²) in [6.07, 6.45) is 5.24. The van der Waals surface area contributed by atoms with Crippen LogP contribution in [0.2, 0.25) is 0 Å². The van der Waals surface area contributed by atoms with E-state index >= 15 is 0 Å². The molecule has 0 aliphatic heterocycles. The van der Waals surface area contributed by atoms with Crippen molar-refractivity contribution in [2.45, 2.75) is 6.92 Å². The summed E-state index contributed by atoms with van der Waals surface area (Å²) in [5.41, 5.74) is 2.54. The largest absolute Gasteiger partial charge is 0.307 e. The summed E-state index contributed by atoms with van der Waals surface area (Å²) >= 11 is 0. The Morgan fingerprint density at radius 1 is 1.14 bits per heavy atom. The van der Waals surface area contributed by atoms with Crippen molar-refractivity contribution in [1.29, 1.82) is 0 Å². The lowest BCUT2D eigenvalue weighted by Crippen LogP contribution is -2.13. The summed E-state index contributed by atoms with van der Waals surface area (Å²) in [6.45, 7) is 1.95. The lowest BCUT2D eigenvalue weighted by molar-refractivity contribution is 0.102. The molecule has 3 aromatic rings. The van der Waals surface area contributed by atoms with Crippen LogP contribution in [0, 0.1) is 6.92 Å². The van der Waals surface area contributed by atoms with Gasteiger partial charge in [-0.3, -0.25) is 4.79 Å². The van der Waals surface area contributed by atoms with Crippen LogP contribution in [0.25, 0.3) is 5.69 Å². The molecule has 5 heteroatoms. The highest BCUT2D eigenvalue weighted by atomic mass is 16.1. The molecule has 104 valence electrons. The third kappa shape index (κ3) is 2.97. The second-order valence-electron chi connectivity index (χ2n) is 4.67. The van der Waals surface area contributed by atoms with E-state index in [9.17, 15) is 4.79 Å². The molecule has 0 saturated heterocycles. The van der Waals surface area contributed by atoms with Gasteiger partial charge in [0.1, 0.15) is 5.82 Å². The minimum Gasteiger partial charge on any atom is -0.307 e. The predicted octanol–water partition coefficient (Wildman–Crippen LogP) is 2.83. The molecule has 0 aliphatic carbocycles. The van der Waals surface area contributed by atoms with E-state index in [1.54, 1.807) is 29.2 Å². The zero-order chi connectivity index (χ0) is 14.7. The maximum atomic E-state index is 12.1. The van der Waals surface area contributed by atoms with Crippen LogP contribution in [-0.4, -0.2) is 20.7 Å². The van der Waals surface area contributed by atoms with Gasteiger partial charge in [0.05, 0.1) is 5.69 Å². The van der Waals surface area contributed by atoms with Crippen molar-refractivity contribution in [1.82, 2.24) is 14.8 Å². The molecule has 5 nitrogen and oxygen atoms in total. The quantitative estimate of drug-likeness (QED) is 0.801. The molecule has 0 fully saturated rings. The second kappa shape index (κ2) is 5.58. The fourth-order valence-electron chi connectivity index (χ4n) is 1.98. The Hall–Kier alpha value is -2.95. The number of hydrogen-bond acceptors (Lipinski definition) is 3. The van der Waals surface area contributed by atoms with Crippen molar-refractivity contribution in [3.63, 3.8) is 0 Å². The molecule has 3 rings (SSSR count). The first-order valence-corrected chi connectivity index (χ1v) is 6.56. The van der Waals surface area contributed by atoms with Gasteiger partial charge in [0.25, 0.3) is 5.91 Å². The summed E-state index contributed by atoms with van der Waals surface area (Å²) in [6, 6.07) is 12.8. The molecular weight excluding hydrogens is 264 g/mol. The van der Waals surface area contributed by atoms with E-state index < -0.39 is 0 Å². The van der Waals surface area contributed by atoms with Crippen LogP contribution in [0.15, 0.2) is 61.1 Å². The van der Waals surface area contributed by atoms with Gasteiger partial charge in [-0.05, 0) is 55.0 Å². The molecule has 0 atom stereocenters. The van der Waals surface area contributed by atoms with Crippen molar-refractivity contribution in [3.05, 3.63) is 72.2 Å². The molecule has 1 N–H and O–H groups in total. The third-order valence-electron chi connectivity index (χ3n) is 3.06. The minimum absolute atomic E-state index is 0.180. The smallest absolute Gasteiger partial charge is 0.256 e. The van der Waals surface area contributed by atoms with Crippen LogP contribution < -0.4 is 5.32 Å². The number of pyridine rings is 1. The van der Waals surface area contributed by atoms with Gasteiger partial charge in [0.15, 0.2) is 0 Å². The van der Waals surface area contributed by atoms with E-state index in [1.807, 2.05) is 43.5 Å². The highest BCUT2D eigenvalue weighted by Crippen LogP contribution is 2.11. The monoisotopic (exact) mass is 278 g/mol. The molecule has 2 aromatic heterocycles. The molecule has 21 heavy (non-hydrogen) atoms. The van der Waals surface area contributed by atoms with Gasteiger partial charge in [-0.25, -0.2) is 9.67 Å². The van der Waals surface area contributed by atoms with Gasteiger partial charge in [0, 0.05) is 24.2 Å². The lowest BCUT2D eigenvalue weighted by Gasteiger charge is -2.06. The summed E-state index contributed by atoms with van der Waals surface area (Å²) in [5, 5.41) is 6.93. The number of rotatable bonds is 3. The minimum atomic E-state index is -0.180. The highest BCUT2D eigenvalue weighted by molar-refractivity contribution is 6.03. The van der Waals surface area contributed by atoms with Crippen molar-refractivity contribution in [2.24, 2.45) is 0 Å². The average molecular weight is 278 g/mol. The lowest BCUT2D eigenvalue weighted by atomic mass is 10.2. The average Bonchev–Trinajstić information content (AvgIpc) is 3.01. The predicted molar refractivity (Wildman–Crippen MR) is 80.5 cm³/mol. The molecule has 0 bridgehead atoms. The number of aromatic nitrogens is 3. The van der Waals surface area contributed by atoms with E-state index in [0.717, 1.165) is 11.3 Å². The van der Waals surface area contributed by atoms with E-state index in [2.05, 4.69) is 15.4 Å². The third-order valence-corrected chi connectivity index (χ3v) is 3.06. The molecule has 0 spiro atoms. The second-order valence-corrected chi connectivity index (χ2v) is 4.67. The maximum Gasteiger partial charge on any atom is 0.256 e. The molecule has 0 radical (unpaired) electrons. The van der Waals surface area contributed by atoms with Gasteiger partial charge in [-0.2, -0.15) is 5.10 Å². The number of amides is 1. The van der Waals surface area contributed by atoms with Gasteiger partial charge in [-0.15, -0.1) is 0 Å². The molecular formula is C16H14N4O. The molecule has 2 heterocycles. The fraction of sp³-hybridized carbons (Fsp3) is 0.0625. The van der Waals surface area contributed by atoms with Crippen LogP contribution >= 0.6 is 0 Å². The molecule has 0 aliphatic rings.